The van der Waals surface area contributed by atoms with Crippen LogP contribution in [0.2, 0.25) is 0 Å². The Kier molecular flexibility index (Phi) is 3.14. The average Bonchev–Trinajstić information content (AvgIpc) is 2.26. The summed E-state index contributed by atoms with van der Waals surface area (Å²) >= 11 is 0. The summed E-state index contributed by atoms with van der Waals surface area (Å²) in [5, 5.41) is 0. The minimum absolute atomic E-state index is 0.239. The van der Waals surface area contributed by atoms with Gasteiger partial charge in [0, 0.05) is 19.7 Å². The first-order valence-corrected chi connectivity index (χ1v) is 5.73. The molecule has 5 nitrogen and oxygen atoms in total. The topological polar surface area (TPSA) is 67.9 Å². The van der Waals surface area contributed by atoms with Gasteiger partial charge >= 0.3 is 0 Å². The van der Waals surface area contributed by atoms with Gasteiger partial charge in [-0.15, -0.1) is 0 Å². The standard InChI is InChI=1S/C13H17N5/c1-8-5-9(2)7-10(6-8)11-15-12(14)17-13(16-11)18(3)4/h5-7H,1-4H3,(H2,14,15,16,17). The number of aromatic nitrogens is 3. The van der Waals surface area contributed by atoms with E-state index < -0.39 is 0 Å². The summed E-state index contributed by atoms with van der Waals surface area (Å²) < 4.78 is 0. The van der Waals surface area contributed by atoms with E-state index in [0.29, 0.717) is 11.8 Å². The summed E-state index contributed by atoms with van der Waals surface area (Å²) in [6.07, 6.45) is 0. The zero-order valence-corrected chi connectivity index (χ0v) is 11.1. The van der Waals surface area contributed by atoms with E-state index in [4.69, 9.17) is 5.73 Å². The van der Waals surface area contributed by atoms with Gasteiger partial charge in [-0.25, -0.2) is 0 Å². The van der Waals surface area contributed by atoms with Gasteiger partial charge in [-0.3, -0.25) is 0 Å². The van der Waals surface area contributed by atoms with Gasteiger partial charge in [-0.05, 0) is 26.0 Å². The van der Waals surface area contributed by atoms with Crippen molar-refractivity contribution >= 4 is 11.9 Å². The molecule has 0 aliphatic heterocycles. The monoisotopic (exact) mass is 243 g/mol. The van der Waals surface area contributed by atoms with Crippen LogP contribution in [0, 0.1) is 13.8 Å². The fraction of sp³-hybridized carbons (Fsp3) is 0.308. The Morgan fingerprint density at radius 2 is 1.56 bits per heavy atom. The minimum atomic E-state index is 0.239. The number of rotatable bonds is 2. The van der Waals surface area contributed by atoms with Gasteiger partial charge in [0.1, 0.15) is 0 Å². The fourth-order valence-corrected chi connectivity index (χ4v) is 1.81. The van der Waals surface area contributed by atoms with Crippen molar-refractivity contribution in [1.29, 1.82) is 0 Å². The van der Waals surface area contributed by atoms with Crippen LogP contribution in [0.25, 0.3) is 11.4 Å². The highest BCUT2D eigenvalue weighted by Gasteiger charge is 2.08. The predicted octanol–water partition coefficient (Wildman–Crippen LogP) is 1.80. The number of nitrogens with zero attached hydrogens (tertiary/aromatic N) is 4. The third-order valence-electron chi connectivity index (χ3n) is 2.52. The molecule has 2 rings (SSSR count). The van der Waals surface area contributed by atoms with Crippen LogP contribution in [0.3, 0.4) is 0 Å². The molecule has 1 aromatic carbocycles. The maximum Gasteiger partial charge on any atom is 0.230 e. The quantitative estimate of drug-likeness (QED) is 0.871. The van der Waals surface area contributed by atoms with Crippen molar-refractivity contribution in [2.75, 3.05) is 24.7 Å². The zero-order valence-electron chi connectivity index (χ0n) is 11.1. The second-order valence-corrected chi connectivity index (χ2v) is 4.59. The zero-order chi connectivity index (χ0) is 13.3. The van der Waals surface area contributed by atoms with Crippen LogP contribution >= 0.6 is 0 Å². The van der Waals surface area contributed by atoms with Crippen LogP contribution in [0.4, 0.5) is 11.9 Å². The van der Waals surface area contributed by atoms with Gasteiger partial charge in [0.2, 0.25) is 11.9 Å². The molecule has 0 fully saturated rings. The normalized spacial score (nSPS) is 10.4. The van der Waals surface area contributed by atoms with E-state index in [1.54, 1.807) is 0 Å². The summed E-state index contributed by atoms with van der Waals surface area (Å²) in [5.74, 6) is 1.41. The van der Waals surface area contributed by atoms with Crippen molar-refractivity contribution in [3.8, 4) is 11.4 Å². The molecule has 0 aliphatic carbocycles. The molecule has 0 unspecified atom stereocenters. The fourth-order valence-electron chi connectivity index (χ4n) is 1.81. The number of hydrogen-bond donors (Lipinski definition) is 1. The lowest BCUT2D eigenvalue weighted by Gasteiger charge is -2.12. The first-order chi connectivity index (χ1) is 8.45. The molecule has 0 saturated carbocycles. The van der Waals surface area contributed by atoms with Crippen molar-refractivity contribution in [2.24, 2.45) is 0 Å². The lowest BCUT2D eigenvalue weighted by molar-refractivity contribution is 0.970. The third kappa shape index (κ3) is 2.56. The number of anilines is 2. The Balaban J connectivity index is 2.56. The molecule has 5 heteroatoms. The molecule has 2 N–H and O–H groups in total. The van der Waals surface area contributed by atoms with E-state index >= 15 is 0 Å². The average molecular weight is 243 g/mol. The van der Waals surface area contributed by atoms with E-state index in [9.17, 15) is 0 Å². The molecule has 0 atom stereocenters. The van der Waals surface area contributed by atoms with E-state index in [1.165, 1.54) is 11.1 Å². The van der Waals surface area contributed by atoms with E-state index in [0.717, 1.165) is 5.56 Å². The van der Waals surface area contributed by atoms with Gasteiger partial charge in [0.05, 0.1) is 0 Å². The highest BCUT2D eigenvalue weighted by Crippen LogP contribution is 2.20. The minimum Gasteiger partial charge on any atom is -0.368 e. The maximum absolute atomic E-state index is 5.72. The summed E-state index contributed by atoms with van der Waals surface area (Å²) in [6, 6.07) is 6.20. The van der Waals surface area contributed by atoms with Crippen LogP contribution in [-0.2, 0) is 0 Å². The van der Waals surface area contributed by atoms with Crippen molar-refractivity contribution < 1.29 is 0 Å². The molecule has 0 radical (unpaired) electrons. The van der Waals surface area contributed by atoms with E-state index in [1.807, 2.05) is 45.0 Å². The van der Waals surface area contributed by atoms with Gasteiger partial charge in [-0.2, -0.15) is 15.0 Å². The van der Waals surface area contributed by atoms with Crippen LogP contribution in [-0.4, -0.2) is 29.0 Å². The molecule has 0 spiro atoms. The SMILES string of the molecule is Cc1cc(C)cc(-c2nc(N)nc(N(C)C)n2)c1. The number of nitrogens with two attached hydrogens (primary N) is 1. The molecular formula is C13H17N5. The van der Waals surface area contributed by atoms with Crippen LogP contribution < -0.4 is 10.6 Å². The van der Waals surface area contributed by atoms with Gasteiger partial charge in [0.15, 0.2) is 5.82 Å². The first kappa shape index (κ1) is 12.3. The van der Waals surface area contributed by atoms with Gasteiger partial charge < -0.3 is 10.6 Å². The first-order valence-electron chi connectivity index (χ1n) is 5.73. The van der Waals surface area contributed by atoms with Crippen LogP contribution in [0.5, 0.6) is 0 Å². The number of hydrogen-bond acceptors (Lipinski definition) is 5. The Morgan fingerprint density at radius 3 is 2.11 bits per heavy atom. The Hall–Kier alpha value is -2.17. The summed E-state index contributed by atoms with van der Waals surface area (Å²) in [6.45, 7) is 4.10. The van der Waals surface area contributed by atoms with Crippen molar-refractivity contribution in [3.05, 3.63) is 29.3 Å². The molecule has 18 heavy (non-hydrogen) atoms. The number of benzene rings is 1. The van der Waals surface area contributed by atoms with E-state index in [-0.39, 0.29) is 5.95 Å². The Bertz CT molecular complexity index is 557. The Morgan fingerprint density at radius 1 is 0.944 bits per heavy atom. The highest BCUT2D eigenvalue weighted by atomic mass is 15.3. The smallest absolute Gasteiger partial charge is 0.230 e. The summed E-state index contributed by atoms with van der Waals surface area (Å²) in [4.78, 5) is 14.5. The second-order valence-electron chi connectivity index (χ2n) is 4.59. The van der Waals surface area contributed by atoms with E-state index in [2.05, 4.69) is 21.0 Å². The molecule has 1 aromatic heterocycles. The Labute approximate surface area is 107 Å². The van der Waals surface area contributed by atoms with Crippen molar-refractivity contribution in [2.45, 2.75) is 13.8 Å². The third-order valence-corrected chi connectivity index (χ3v) is 2.52. The molecule has 0 bridgehead atoms. The molecular weight excluding hydrogens is 226 g/mol. The van der Waals surface area contributed by atoms with Gasteiger partial charge in [-0.1, -0.05) is 17.2 Å². The summed E-state index contributed by atoms with van der Waals surface area (Å²) in [5.41, 5.74) is 9.04. The molecule has 0 amide bonds. The van der Waals surface area contributed by atoms with Gasteiger partial charge in [0.25, 0.3) is 0 Å². The van der Waals surface area contributed by atoms with Crippen molar-refractivity contribution in [3.63, 3.8) is 0 Å². The largest absolute Gasteiger partial charge is 0.368 e. The lowest BCUT2D eigenvalue weighted by atomic mass is 10.1. The number of aryl methyl sites for hydroxylation is 2. The number of nitrogen functional groups attached to an aromatic ring is 1. The van der Waals surface area contributed by atoms with Crippen LogP contribution in [0.15, 0.2) is 18.2 Å². The molecule has 1 heterocycles. The summed E-state index contributed by atoms with van der Waals surface area (Å²) in [7, 11) is 3.75. The molecule has 0 saturated heterocycles. The predicted molar refractivity (Wildman–Crippen MR) is 73.5 cm³/mol. The highest BCUT2D eigenvalue weighted by molar-refractivity contribution is 5.60. The second kappa shape index (κ2) is 4.60. The van der Waals surface area contributed by atoms with Crippen LogP contribution in [0.1, 0.15) is 11.1 Å². The lowest BCUT2D eigenvalue weighted by Crippen LogP contribution is -2.15. The molecule has 0 aliphatic rings. The maximum atomic E-state index is 5.72. The molecule has 2 aromatic rings. The van der Waals surface area contributed by atoms with Crippen molar-refractivity contribution in [1.82, 2.24) is 15.0 Å². The molecule has 94 valence electrons.